The van der Waals surface area contributed by atoms with E-state index in [4.69, 9.17) is 11.6 Å². The Balaban J connectivity index is 2.44. The Hall–Kier alpha value is -0.990. The van der Waals surface area contributed by atoms with Gasteiger partial charge in [0, 0.05) is 0 Å². The van der Waals surface area contributed by atoms with Crippen molar-refractivity contribution in [3.05, 3.63) is 16.7 Å². The lowest BCUT2D eigenvalue weighted by molar-refractivity contribution is 0.0832. The highest BCUT2D eigenvalue weighted by Gasteiger charge is 2.29. The van der Waals surface area contributed by atoms with Gasteiger partial charge in [-0.05, 0) is 23.0 Å². The molecular formula is C10H12ClN3O3S. The van der Waals surface area contributed by atoms with E-state index in [1.165, 1.54) is 11.3 Å². The molecule has 2 aromatic rings. The number of hydrogen-bond donors (Lipinski definition) is 4. The van der Waals surface area contributed by atoms with Crippen LogP contribution in [0.2, 0.25) is 5.28 Å². The Morgan fingerprint density at radius 2 is 1.89 bits per heavy atom. The van der Waals surface area contributed by atoms with Crippen LogP contribution in [0.5, 0.6) is 0 Å². The van der Waals surface area contributed by atoms with Crippen LogP contribution in [0.1, 0.15) is 0 Å². The molecule has 0 radical (unpaired) electrons. The van der Waals surface area contributed by atoms with Crippen molar-refractivity contribution < 1.29 is 15.3 Å². The van der Waals surface area contributed by atoms with Gasteiger partial charge in [0.05, 0.1) is 30.0 Å². The number of halogens is 1. The van der Waals surface area contributed by atoms with Crippen molar-refractivity contribution in [3.63, 3.8) is 0 Å². The molecule has 0 amide bonds. The Morgan fingerprint density at radius 1 is 1.22 bits per heavy atom. The molecular weight excluding hydrogens is 278 g/mol. The van der Waals surface area contributed by atoms with E-state index in [1.54, 1.807) is 6.07 Å². The number of aromatic nitrogens is 2. The number of fused-ring (bicyclic) bond motifs is 1. The molecule has 2 aromatic heterocycles. The number of aliphatic hydroxyl groups is 3. The van der Waals surface area contributed by atoms with Crippen molar-refractivity contribution in [2.45, 2.75) is 5.54 Å². The molecule has 0 atom stereocenters. The van der Waals surface area contributed by atoms with Crippen LogP contribution in [0.4, 0.5) is 5.82 Å². The van der Waals surface area contributed by atoms with Crippen LogP contribution in [-0.4, -0.2) is 50.6 Å². The minimum atomic E-state index is -1.24. The molecule has 0 aliphatic carbocycles. The Morgan fingerprint density at radius 3 is 2.50 bits per heavy atom. The third-order valence-corrected chi connectivity index (χ3v) is 3.65. The SMILES string of the molecule is OCC(CO)(CO)Nc1nc(Cl)nc2ccsc12. The maximum atomic E-state index is 9.27. The largest absolute Gasteiger partial charge is 0.394 e. The predicted molar refractivity (Wildman–Crippen MR) is 70.0 cm³/mol. The molecule has 18 heavy (non-hydrogen) atoms. The molecule has 0 aliphatic rings. The second-order valence-electron chi connectivity index (χ2n) is 3.86. The van der Waals surface area contributed by atoms with Gasteiger partial charge in [0.2, 0.25) is 5.28 Å². The van der Waals surface area contributed by atoms with Gasteiger partial charge in [-0.2, -0.15) is 4.98 Å². The zero-order valence-electron chi connectivity index (χ0n) is 9.30. The highest BCUT2D eigenvalue weighted by molar-refractivity contribution is 7.17. The lowest BCUT2D eigenvalue weighted by Gasteiger charge is -2.29. The van der Waals surface area contributed by atoms with Crippen LogP contribution < -0.4 is 5.32 Å². The zero-order chi connectivity index (χ0) is 13.2. The molecule has 0 fully saturated rings. The van der Waals surface area contributed by atoms with Gasteiger partial charge in [0.15, 0.2) is 0 Å². The van der Waals surface area contributed by atoms with E-state index in [1.807, 2.05) is 5.38 Å². The van der Waals surface area contributed by atoms with E-state index in [0.717, 1.165) is 4.70 Å². The van der Waals surface area contributed by atoms with E-state index in [9.17, 15) is 15.3 Å². The monoisotopic (exact) mass is 289 g/mol. The summed E-state index contributed by atoms with van der Waals surface area (Å²) in [6, 6.07) is 1.79. The number of rotatable bonds is 5. The van der Waals surface area contributed by atoms with Gasteiger partial charge in [0.1, 0.15) is 11.4 Å². The second kappa shape index (κ2) is 5.33. The first kappa shape index (κ1) is 13.4. The normalized spacial score (nSPS) is 12.0. The lowest BCUT2D eigenvalue weighted by atomic mass is 10.0. The Bertz CT molecular complexity index is 536. The maximum absolute atomic E-state index is 9.27. The van der Waals surface area contributed by atoms with Gasteiger partial charge in [-0.1, -0.05) is 0 Å². The van der Waals surface area contributed by atoms with Crippen molar-refractivity contribution in [2.24, 2.45) is 0 Å². The second-order valence-corrected chi connectivity index (χ2v) is 5.11. The molecule has 98 valence electrons. The first-order valence-corrected chi connectivity index (χ1v) is 6.41. The first-order chi connectivity index (χ1) is 8.64. The van der Waals surface area contributed by atoms with Gasteiger partial charge in [0.25, 0.3) is 0 Å². The standard InChI is InChI=1S/C10H12ClN3O3S/c11-9-12-6-1-2-18-7(6)8(13-9)14-10(3-15,4-16)5-17/h1-2,15-17H,3-5H2,(H,12,13,14). The number of hydrogen-bond acceptors (Lipinski definition) is 7. The number of anilines is 1. The van der Waals surface area contributed by atoms with Crippen molar-refractivity contribution in [1.82, 2.24) is 9.97 Å². The van der Waals surface area contributed by atoms with Crippen LogP contribution in [-0.2, 0) is 0 Å². The quantitative estimate of drug-likeness (QED) is 0.598. The van der Waals surface area contributed by atoms with Gasteiger partial charge in [-0.3, -0.25) is 0 Å². The highest BCUT2D eigenvalue weighted by atomic mass is 35.5. The molecule has 0 saturated heterocycles. The summed E-state index contributed by atoms with van der Waals surface area (Å²) in [5.41, 5.74) is -0.570. The van der Waals surface area contributed by atoms with Gasteiger partial charge in [-0.25, -0.2) is 4.98 Å². The molecule has 2 rings (SSSR count). The summed E-state index contributed by atoms with van der Waals surface area (Å²) in [5.74, 6) is 0.386. The van der Waals surface area contributed by atoms with Crippen molar-refractivity contribution in [1.29, 1.82) is 0 Å². The first-order valence-electron chi connectivity index (χ1n) is 5.15. The van der Waals surface area contributed by atoms with Crippen LogP contribution in [0.15, 0.2) is 11.4 Å². The molecule has 4 N–H and O–H groups in total. The van der Waals surface area contributed by atoms with E-state index in [0.29, 0.717) is 11.3 Å². The van der Waals surface area contributed by atoms with Gasteiger partial charge < -0.3 is 20.6 Å². The minimum Gasteiger partial charge on any atom is -0.394 e. The summed E-state index contributed by atoms with van der Waals surface area (Å²) in [4.78, 5) is 8.06. The molecule has 0 saturated carbocycles. The fourth-order valence-corrected chi connectivity index (χ4v) is 2.39. The lowest BCUT2D eigenvalue weighted by Crippen LogP contribution is -2.49. The van der Waals surface area contributed by atoms with Crippen molar-refractivity contribution in [2.75, 3.05) is 25.1 Å². The van der Waals surface area contributed by atoms with Gasteiger partial charge >= 0.3 is 0 Å². The number of thiophene rings is 1. The summed E-state index contributed by atoms with van der Waals surface area (Å²) in [7, 11) is 0. The van der Waals surface area contributed by atoms with Crippen LogP contribution >= 0.6 is 22.9 Å². The van der Waals surface area contributed by atoms with E-state index in [2.05, 4.69) is 15.3 Å². The summed E-state index contributed by atoms with van der Waals surface area (Å²) in [5, 5.41) is 32.6. The third-order valence-electron chi connectivity index (χ3n) is 2.57. The highest BCUT2D eigenvalue weighted by Crippen LogP contribution is 2.29. The van der Waals surface area contributed by atoms with Gasteiger partial charge in [-0.15, -0.1) is 11.3 Å². The predicted octanol–water partition coefficient (Wildman–Crippen LogP) is 0.472. The molecule has 0 aromatic carbocycles. The molecule has 6 nitrogen and oxygen atoms in total. The molecule has 0 spiro atoms. The van der Waals surface area contributed by atoms with E-state index >= 15 is 0 Å². The summed E-state index contributed by atoms with van der Waals surface area (Å²) in [6.07, 6.45) is 0. The molecule has 0 unspecified atom stereocenters. The number of nitrogens with one attached hydrogen (secondary N) is 1. The fourth-order valence-electron chi connectivity index (χ4n) is 1.44. The van der Waals surface area contributed by atoms with Crippen molar-refractivity contribution in [3.8, 4) is 0 Å². The fraction of sp³-hybridized carbons (Fsp3) is 0.400. The third kappa shape index (κ3) is 2.40. The Kier molecular flexibility index (Phi) is 3.98. The smallest absolute Gasteiger partial charge is 0.224 e. The van der Waals surface area contributed by atoms with Crippen LogP contribution in [0.25, 0.3) is 10.2 Å². The minimum absolute atomic E-state index is 0.0612. The number of nitrogens with zero attached hydrogens (tertiary/aromatic N) is 2. The van der Waals surface area contributed by atoms with Crippen molar-refractivity contribution >= 4 is 39.0 Å². The van der Waals surface area contributed by atoms with E-state index < -0.39 is 25.4 Å². The maximum Gasteiger partial charge on any atom is 0.224 e. The molecule has 0 aliphatic heterocycles. The molecule has 8 heteroatoms. The topological polar surface area (TPSA) is 98.5 Å². The zero-order valence-corrected chi connectivity index (χ0v) is 10.9. The average molecular weight is 290 g/mol. The summed E-state index contributed by atoms with van der Waals surface area (Å²) < 4.78 is 0.749. The summed E-state index contributed by atoms with van der Waals surface area (Å²) in [6.45, 7) is -1.31. The van der Waals surface area contributed by atoms with Crippen LogP contribution in [0, 0.1) is 0 Å². The van der Waals surface area contributed by atoms with E-state index in [-0.39, 0.29) is 5.28 Å². The summed E-state index contributed by atoms with van der Waals surface area (Å²) >= 11 is 7.20. The number of aliphatic hydroxyl groups excluding tert-OH is 3. The van der Waals surface area contributed by atoms with Crippen LogP contribution in [0.3, 0.4) is 0 Å². The molecule has 2 heterocycles. The average Bonchev–Trinajstić information content (AvgIpc) is 2.84. The Labute approximate surface area is 112 Å². The molecule has 0 bridgehead atoms.